The zero-order valence-electron chi connectivity index (χ0n) is 10.2. The van der Waals surface area contributed by atoms with Gasteiger partial charge in [-0.25, -0.2) is 15.0 Å². The highest BCUT2D eigenvalue weighted by molar-refractivity contribution is 6.18. The van der Waals surface area contributed by atoms with E-state index in [1.807, 2.05) is 36.4 Å². The molecule has 0 aliphatic rings. The molecule has 6 heteroatoms. The lowest BCUT2D eigenvalue weighted by atomic mass is 10.1. The molecule has 0 fully saturated rings. The van der Waals surface area contributed by atoms with Gasteiger partial charge in [-0.15, -0.1) is 0 Å². The number of nitrogens with zero attached hydrogens (tertiary/aromatic N) is 3. The number of nitrogens with one attached hydrogen (secondary N) is 1. The lowest BCUT2D eigenvalue weighted by Crippen LogP contribution is -1.94. The summed E-state index contributed by atoms with van der Waals surface area (Å²) in [4.78, 5) is 21.9. The third kappa shape index (κ3) is 1.38. The third-order valence-corrected chi connectivity index (χ3v) is 3.35. The Hall–Kier alpha value is -3.02. The molecule has 4 rings (SSSR count). The summed E-state index contributed by atoms with van der Waals surface area (Å²) in [5.41, 5.74) is 3.00. The average molecular weight is 264 g/mol. The van der Waals surface area contributed by atoms with Crippen molar-refractivity contribution >= 4 is 38.7 Å². The monoisotopic (exact) mass is 264 g/mol. The second-order valence-corrected chi connectivity index (χ2v) is 4.51. The number of para-hydroxylation sites is 1. The highest BCUT2D eigenvalue weighted by Gasteiger charge is 2.14. The van der Waals surface area contributed by atoms with Crippen LogP contribution in [-0.2, 0) is 0 Å². The van der Waals surface area contributed by atoms with Crippen LogP contribution < -0.4 is 0 Å². The fourth-order valence-electron chi connectivity index (χ4n) is 2.48. The third-order valence-electron chi connectivity index (χ3n) is 3.35. The molecule has 1 N–H and O–H groups in total. The van der Waals surface area contributed by atoms with Gasteiger partial charge in [-0.3, -0.25) is 0 Å². The van der Waals surface area contributed by atoms with Crippen LogP contribution in [0, 0.1) is 10.1 Å². The molecular formula is C14H8N4O2. The van der Waals surface area contributed by atoms with Gasteiger partial charge in [0.05, 0.1) is 16.4 Å². The van der Waals surface area contributed by atoms with E-state index in [1.165, 1.54) is 6.20 Å². The van der Waals surface area contributed by atoms with Crippen LogP contribution in [0.1, 0.15) is 0 Å². The number of aromatic nitrogens is 3. The lowest BCUT2D eigenvalue weighted by Gasteiger charge is -1.99. The zero-order valence-corrected chi connectivity index (χ0v) is 10.2. The molecule has 2 heterocycles. The molecule has 2 aromatic heterocycles. The van der Waals surface area contributed by atoms with Crippen molar-refractivity contribution in [2.45, 2.75) is 0 Å². The van der Waals surface area contributed by atoms with E-state index in [4.69, 9.17) is 0 Å². The van der Waals surface area contributed by atoms with Gasteiger partial charge in [0.2, 0.25) is 0 Å². The minimum atomic E-state index is -0.482. The van der Waals surface area contributed by atoms with Crippen molar-refractivity contribution in [2.24, 2.45) is 0 Å². The first kappa shape index (κ1) is 10.9. The molecule has 0 atom stereocenters. The molecule has 0 saturated heterocycles. The number of nitro groups is 1. The zero-order chi connectivity index (χ0) is 13.7. The molecule has 4 aromatic rings. The maximum atomic E-state index is 10.9. The Bertz CT molecular complexity index is 990. The fraction of sp³-hybridized carbons (Fsp3) is 0. The first-order valence-corrected chi connectivity index (χ1v) is 6.04. The summed E-state index contributed by atoms with van der Waals surface area (Å²) in [6.45, 7) is 0. The van der Waals surface area contributed by atoms with Gasteiger partial charge in [0.1, 0.15) is 11.7 Å². The maximum absolute atomic E-state index is 10.9. The van der Waals surface area contributed by atoms with E-state index >= 15 is 0 Å². The van der Waals surface area contributed by atoms with E-state index < -0.39 is 4.92 Å². The Morgan fingerprint density at radius 1 is 1.05 bits per heavy atom. The smallest absolute Gasteiger partial charge is 0.339 e. The molecule has 0 aliphatic carbocycles. The summed E-state index contributed by atoms with van der Waals surface area (Å²) >= 11 is 0. The van der Waals surface area contributed by atoms with Crippen LogP contribution in [0.5, 0.6) is 0 Å². The summed E-state index contributed by atoms with van der Waals surface area (Å²) in [6, 6.07) is 11.4. The number of rotatable bonds is 1. The van der Waals surface area contributed by atoms with Crippen molar-refractivity contribution in [3.63, 3.8) is 0 Å². The lowest BCUT2D eigenvalue weighted by molar-refractivity contribution is -0.389. The fourth-order valence-corrected chi connectivity index (χ4v) is 2.48. The van der Waals surface area contributed by atoms with Crippen LogP contribution in [0.3, 0.4) is 0 Å². The second kappa shape index (κ2) is 3.74. The SMILES string of the molecule is O=[N+]([O-])c1cnc2ccc3nc4ccccc4c3c2[nH]1. The maximum Gasteiger partial charge on any atom is 0.339 e. The van der Waals surface area contributed by atoms with E-state index in [0.29, 0.717) is 11.0 Å². The van der Waals surface area contributed by atoms with Crippen LogP contribution >= 0.6 is 0 Å². The predicted molar refractivity (Wildman–Crippen MR) is 75.6 cm³/mol. The van der Waals surface area contributed by atoms with Crippen molar-refractivity contribution in [3.8, 4) is 0 Å². The van der Waals surface area contributed by atoms with Crippen LogP contribution in [0.4, 0.5) is 5.82 Å². The Morgan fingerprint density at radius 2 is 1.85 bits per heavy atom. The van der Waals surface area contributed by atoms with E-state index in [0.717, 1.165) is 21.8 Å². The standard InChI is InChI=1S/C14H8N4O2/c19-18(20)12-7-15-11-6-5-10-13(14(11)17-12)8-3-1-2-4-9(8)16-10/h1-7,17H. The van der Waals surface area contributed by atoms with Gasteiger partial charge < -0.3 is 10.1 Å². The molecule has 20 heavy (non-hydrogen) atoms. The summed E-state index contributed by atoms with van der Waals surface area (Å²) in [7, 11) is 0. The van der Waals surface area contributed by atoms with Crippen molar-refractivity contribution in [1.82, 2.24) is 15.0 Å². The molecule has 6 nitrogen and oxygen atoms in total. The van der Waals surface area contributed by atoms with Crippen molar-refractivity contribution in [2.75, 3.05) is 0 Å². The van der Waals surface area contributed by atoms with Gasteiger partial charge in [-0.05, 0) is 23.1 Å². The Labute approximate surface area is 112 Å². The molecule has 96 valence electrons. The number of aromatic amines is 1. The van der Waals surface area contributed by atoms with Crippen LogP contribution in [-0.4, -0.2) is 19.9 Å². The highest BCUT2D eigenvalue weighted by Crippen LogP contribution is 2.30. The number of hydrogen-bond acceptors (Lipinski definition) is 4. The van der Waals surface area contributed by atoms with Gasteiger partial charge in [-0.2, -0.15) is 0 Å². The van der Waals surface area contributed by atoms with Crippen LogP contribution in [0.15, 0.2) is 42.6 Å². The minimum absolute atomic E-state index is 0.129. The van der Waals surface area contributed by atoms with Gasteiger partial charge in [0.15, 0.2) is 5.52 Å². The van der Waals surface area contributed by atoms with Crippen molar-refractivity contribution < 1.29 is 4.92 Å². The minimum Gasteiger partial charge on any atom is -0.358 e. The molecule has 0 saturated carbocycles. The first-order chi connectivity index (χ1) is 9.74. The highest BCUT2D eigenvalue weighted by atomic mass is 16.6. The number of hydrogen-bond donors (Lipinski definition) is 1. The first-order valence-electron chi connectivity index (χ1n) is 6.04. The molecule has 0 spiro atoms. The molecule has 0 bridgehead atoms. The Kier molecular flexibility index (Phi) is 2.03. The summed E-state index contributed by atoms with van der Waals surface area (Å²) in [6.07, 6.45) is 1.23. The topological polar surface area (TPSA) is 84.7 Å². The predicted octanol–water partition coefficient (Wildman–Crippen LogP) is 3.17. The van der Waals surface area contributed by atoms with E-state index in [2.05, 4.69) is 15.0 Å². The normalized spacial score (nSPS) is 11.4. The largest absolute Gasteiger partial charge is 0.358 e. The number of benzene rings is 2. The summed E-state index contributed by atoms with van der Waals surface area (Å²) < 4.78 is 0. The number of fused-ring (bicyclic) bond motifs is 5. The number of H-pyrrole nitrogens is 1. The molecule has 0 unspecified atom stereocenters. The summed E-state index contributed by atoms with van der Waals surface area (Å²) in [5.74, 6) is -0.129. The molecule has 0 radical (unpaired) electrons. The summed E-state index contributed by atoms with van der Waals surface area (Å²) in [5, 5.41) is 12.7. The van der Waals surface area contributed by atoms with Gasteiger partial charge in [0.25, 0.3) is 0 Å². The molecule has 2 aromatic carbocycles. The van der Waals surface area contributed by atoms with Gasteiger partial charge in [-0.1, -0.05) is 18.2 Å². The van der Waals surface area contributed by atoms with Gasteiger partial charge >= 0.3 is 5.82 Å². The molecule has 0 aliphatic heterocycles. The van der Waals surface area contributed by atoms with E-state index in [-0.39, 0.29) is 5.82 Å². The van der Waals surface area contributed by atoms with Crippen molar-refractivity contribution in [1.29, 1.82) is 0 Å². The van der Waals surface area contributed by atoms with Crippen LogP contribution in [0.25, 0.3) is 32.8 Å². The quantitative estimate of drug-likeness (QED) is 0.422. The van der Waals surface area contributed by atoms with E-state index in [9.17, 15) is 10.1 Å². The molecule has 0 amide bonds. The Balaban J connectivity index is 2.25. The van der Waals surface area contributed by atoms with Crippen molar-refractivity contribution in [3.05, 3.63) is 52.7 Å². The Morgan fingerprint density at radius 3 is 2.70 bits per heavy atom. The molecular weight excluding hydrogens is 256 g/mol. The van der Waals surface area contributed by atoms with Gasteiger partial charge in [0, 0.05) is 5.39 Å². The average Bonchev–Trinajstić information content (AvgIpc) is 2.85. The van der Waals surface area contributed by atoms with E-state index in [1.54, 1.807) is 0 Å². The van der Waals surface area contributed by atoms with Crippen LogP contribution in [0.2, 0.25) is 0 Å². The second-order valence-electron chi connectivity index (χ2n) is 4.51.